The molecule has 0 bridgehead atoms. The van der Waals surface area contributed by atoms with Gasteiger partial charge in [0.15, 0.2) is 0 Å². The first-order chi connectivity index (χ1) is 15.6. The summed E-state index contributed by atoms with van der Waals surface area (Å²) >= 11 is 0. The summed E-state index contributed by atoms with van der Waals surface area (Å²) in [6.45, 7) is 11.1. The molecule has 0 aliphatic carbocycles. The Morgan fingerprint density at radius 3 is 2.36 bits per heavy atom. The minimum atomic E-state index is -0.603. The molecule has 0 saturated carbocycles. The standard InChI is InChI=1S/C26H37FN2O4/c1-18(2)16-26(5,19(3)4)24(31)33-15-11-7-6-10-14-29-17-21(23(30)28-25(29)32)20-12-8-9-13-22(20)27/h8-9,12-13,17-19H,6-7,10-11,14-16H2,1-5H3,(H,28,30,32). The summed E-state index contributed by atoms with van der Waals surface area (Å²) < 4.78 is 21.1. The normalized spacial score (nSPS) is 13.3. The number of halogens is 1. The number of rotatable bonds is 12. The van der Waals surface area contributed by atoms with E-state index in [1.54, 1.807) is 12.1 Å². The van der Waals surface area contributed by atoms with Crippen LogP contribution in [-0.2, 0) is 16.1 Å². The van der Waals surface area contributed by atoms with Crippen LogP contribution in [0.15, 0.2) is 40.1 Å². The van der Waals surface area contributed by atoms with Gasteiger partial charge >= 0.3 is 11.7 Å². The Labute approximate surface area is 195 Å². The molecule has 182 valence electrons. The highest BCUT2D eigenvalue weighted by atomic mass is 19.1. The number of nitrogens with zero attached hydrogens (tertiary/aromatic N) is 1. The molecule has 6 nitrogen and oxygen atoms in total. The Hall–Kier alpha value is -2.70. The molecule has 1 aromatic carbocycles. The summed E-state index contributed by atoms with van der Waals surface area (Å²) in [5.41, 5.74) is -1.29. The van der Waals surface area contributed by atoms with E-state index in [9.17, 15) is 18.8 Å². The molecule has 1 heterocycles. The van der Waals surface area contributed by atoms with Crippen molar-refractivity contribution in [1.82, 2.24) is 9.55 Å². The Bertz CT molecular complexity index is 1040. The number of carbonyl (C=O) groups excluding carboxylic acids is 1. The average molecular weight is 461 g/mol. The molecular formula is C26H37FN2O4. The summed E-state index contributed by atoms with van der Waals surface area (Å²) in [6, 6.07) is 5.99. The van der Waals surface area contributed by atoms with Gasteiger partial charge in [-0.1, -0.05) is 52.3 Å². The number of hydrogen-bond acceptors (Lipinski definition) is 4. The summed E-state index contributed by atoms with van der Waals surface area (Å²) in [7, 11) is 0. The topological polar surface area (TPSA) is 81.2 Å². The Balaban J connectivity index is 1.83. The zero-order chi connectivity index (χ0) is 24.6. The van der Waals surface area contributed by atoms with Crippen molar-refractivity contribution in [3.8, 4) is 11.1 Å². The van der Waals surface area contributed by atoms with Gasteiger partial charge in [-0.15, -0.1) is 0 Å². The third-order valence-electron chi connectivity index (χ3n) is 6.27. The smallest absolute Gasteiger partial charge is 0.328 e. The quantitative estimate of drug-likeness (QED) is 0.351. The van der Waals surface area contributed by atoms with Gasteiger partial charge in [0.25, 0.3) is 5.56 Å². The van der Waals surface area contributed by atoms with E-state index in [4.69, 9.17) is 4.74 Å². The Morgan fingerprint density at radius 1 is 1.06 bits per heavy atom. The molecule has 1 unspecified atom stereocenters. The van der Waals surface area contributed by atoms with Gasteiger partial charge in [0, 0.05) is 18.3 Å². The molecule has 0 aliphatic heterocycles. The van der Waals surface area contributed by atoms with Gasteiger partial charge in [-0.05, 0) is 50.5 Å². The zero-order valence-corrected chi connectivity index (χ0v) is 20.4. The number of carbonyl (C=O) groups is 1. The number of aryl methyl sites for hydroxylation is 1. The molecule has 2 aromatic rings. The number of H-pyrrole nitrogens is 1. The highest BCUT2D eigenvalue weighted by Crippen LogP contribution is 2.35. The van der Waals surface area contributed by atoms with E-state index in [2.05, 4.69) is 32.7 Å². The number of aromatic nitrogens is 2. The first-order valence-electron chi connectivity index (χ1n) is 11.8. The number of unbranched alkanes of at least 4 members (excludes halogenated alkanes) is 3. The van der Waals surface area contributed by atoms with Gasteiger partial charge in [0.05, 0.1) is 17.6 Å². The van der Waals surface area contributed by atoms with Crippen LogP contribution in [0.3, 0.4) is 0 Å². The SMILES string of the molecule is CC(C)CC(C)(C(=O)OCCCCCCn1cc(-c2ccccc2F)c(=O)[nH]c1=O)C(C)C. The van der Waals surface area contributed by atoms with Crippen molar-refractivity contribution in [1.29, 1.82) is 0 Å². The lowest BCUT2D eigenvalue weighted by atomic mass is 9.73. The van der Waals surface area contributed by atoms with Gasteiger partial charge in [-0.25, -0.2) is 9.18 Å². The maximum Gasteiger partial charge on any atom is 0.328 e. The van der Waals surface area contributed by atoms with E-state index < -0.39 is 22.5 Å². The van der Waals surface area contributed by atoms with E-state index in [0.29, 0.717) is 25.5 Å². The average Bonchev–Trinajstić information content (AvgIpc) is 2.74. The van der Waals surface area contributed by atoms with Crippen molar-refractivity contribution in [2.24, 2.45) is 17.3 Å². The fourth-order valence-corrected chi connectivity index (χ4v) is 4.02. The predicted molar refractivity (Wildman–Crippen MR) is 129 cm³/mol. The number of benzene rings is 1. The van der Waals surface area contributed by atoms with Crippen molar-refractivity contribution in [2.45, 2.75) is 73.3 Å². The summed E-state index contributed by atoms with van der Waals surface area (Å²) in [4.78, 5) is 39.2. The summed E-state index contributed by atoms with van der Waals surface area (Å²) in [5, 5.41) is 0. The molecule has 0 saturated heterocycles. The number of nitrogens with one attached hydrogen (secondary N) is 1. The summed E-state index contributed by atoms with van der Waals surface area (Å²) in [5.74, 6) is -0.0196. The van der Waals surface area contributed by atoms with E-state index in [1.165, 1.54) is 22.9 Å². The Kier molecular flexibility index (Phi) is 9.62. The summed E-state index contributed by atoms with van der Waals surface area (Å²) in [6.07, 6.45) is 5.38. The van der Waals surface area contributed by atoms with Crippen LogP contribution in [0.5, 0.6) is 0 Å². The molecule has 1 aromatic heterocycles. The second kappa shape index (κ2) is 12.0. The van der Waals surface area contributed by atoms with Crippen LogP contribution in [0.4, 0.5) is 4.39 Å². The fraction of sp³-hybridized carbons (Fsp3) is 0.577. The van der Waals surface area contributed by atoms with E-state index in [-0.39, 0.29) is 23.0 Å². The van der Waals surface area contributed by atoms with Crippen LogP contribution < -0.4 is 11.2 Å². The van der Waals surface area contributed by atoms with Crippen LogP contribution in [0, 0.1) is 23.1 Å². The van der Waals surface area contributed by atoms with Gasteiger partial charge < -0.3 is 4.74 Å². The third kappa shape index (κ3) is 7.14. The van der Waals surface area contributed by atoms with E-state index >= 15 is 0 Å². The monoisotopic (exact) mass is 460 g/mol. The number of esters is 1. The maximum absolute atomic E-state index is 14.1. The van der Waals surface area contributed by atoms with Gasteiger partial charge in [0.1, 0.15) is 5.82 Å². The zero-order valence-electron chi connectivity index (χ0n) is 20.4. The molecule has 7 heteroatoms. The van der Waals surface area contributed by atoms with Crippen LogP contribution in [-0.4, -0.2) is 22.1 Å². The first-order valence-corrected chi connectivity index (χ1v) is 11.8. The van der Waals surface area contributed by atoms with Crippen molar-refractivity contribution >= 4 is 5.97 Å². The molecule has 1 N–H and O–H groups in total. The molecule has 0 amide bonds. The van der Waals surface area contributed by atoms with Crippen LogP contribution >= 0.6 is 0 Å². The minimum absolute atomic E-state index is 0.133. The third-order valence-corrected chi connectivity index (χ3v) is 6.27. The van der Waals surface area contributed by atoms with E-state index in [1.807, 2.05) is 6.92 Å². The number of hydrogen-bond donors (Lipinski definition) is 1. The van der Waals surface area contributed by atoms with Crippen molar-refractivity contribution in [2.75, 3.05) is 6.61 Å². The number of ether oxygens (including phenoxy) is 1. The van der Waals surface area contributed by atoms with E-state index in [0.717, 1.165) is 25.7 Å². The van der Waals surface area contributed by atoms with Crippen LogP contribution in [0.25, 0.3) is 11.1 Å². The lowest BCUT2D eigenvalue weighted by Gasteiger charge is -2.32. The maximum atomic E-state index is 14.1. The molecule has 33 heavy (non-hydrogen) atoms. The van der Waals surface area contributed by atoms with Gasteiger partial charge in [-0.3, -0.25) is 19.1 Å². The first kappa shape index (κ1) is 26.6. The second-order valence-electron chi connectivity index (χ2n) is 9.70. The highest BCUT2D eigenvalue weighted by molar-refractivity contribution is 5.76. The van der Waals surface area contributed by atoms with Crippen LogP contribution in [0.2, 0.25) is 0 Å². The molecule has 0 fully saturated rings. The van der Waals surface area contributed by atoms with Gasteiger partial charge in [0.2, 0.25) is 0 Å². The lowest BCUT2D eigenvalue weighted by Crippen LogP contribution is -2.36. The Morgan fingerprint density at radius 2 is 1.73 bits per heavy atom. The minimum Gasteiger partial charge on any atom is -0.465 e. The van der Waals surface area contributed by atoms with Gasteiger partial charge in [-0.2, -0.15) is 0 Å². The van der Waals surface area contributed by atoms with Crippen molar-refractivity contribution in [3.05, 3.63) is 57.1 Å². The molecule has 1 atom stereocenters. The molecule has 2 rings (SSSR count). The second-order valence-corrected chi connectivity index (χ2v) is 9.70. The predicted octanol–water partition coefficient (Wildman–Crippen LogP) is 5.15. The van der Waals surface area contributed by atoms with Crippen molar-refractivity contribution < 1.29 is 13.9 Å². The highest BCUT2D eigenvalue weighted by Gasteiger charge is 2.38. The van der Waals surface area contributed by atoms with Crippen molar-refractivity contribution in [3.63, 3.8) is 0 Å². The largest absolute Gasteiger partial charge is 0.465 e. The lowest BCUT2D eigenvalue weighted by molar-refractivity contribution is -0.159. The molecule has 0 radical (unpaired) electrons. The van der Waals surface area contributed by atoms with Crippen LogP contribution in [0.1, 0.15) is 66.7 Å². The molecular weight excluding hydrogens is 423 g/mol. The number of aromatic amines is 1. The fourth-order valence-electron chi connectivity index (χ4n) is 4.02. The molecule has 0 aliphatic rings. The molecule has 0 spiro atoms.